The third-order valence-electron chi connectivity index (χ3n) is 2.89. The SMILES string of the molecule is CCCN(CC(=O)OCC)Cc1cc(C)cc(C)c1. The van der Waals surface area contributed by atoms with Crippen molar-refractivity contribution >= 4 is 5.97 Å². The second kappa shape index (κ2) is 7.95. The zero-order valence-electron chi connectivity index (χ0n) is 12.5. The number of hydrogen-bond acceptors (Lipinski definition) is 3. The van der Waals surface area contributed by atoms with Crippen molar-refractivity contribution in [2.75, 3.05) is 19.7 Å². The molecular weight excluding hydrogens is 238 g/mol. The van der Waals surface area contributed by atoms with Gasteiger partial charge in [0.05, 0.1) is 13.2 Å². The van der Waals surface area contributed by atoms with E-state index < -0.39 is 0 Å². The summed E-state index contributed by atoms with van der Waals surface area (Å²) in [6, 6.07) is 6.53. The van der Waals surface area contributed by atoms with E-state index in [9.17, 15) is 4.79 Å². The minimum absolute atomic E-state index is 0.139. The summed E-state index contributed by atoms with van der Waals surface area (Å²) in [5, 5.41) is 0. The summed E-state index contributed by atoms with van der Waals surface area (Å²) in [6.07, 6.45) is 1.03. The predicted octanol–water partition coefficient (Wildman–Crippen LogP) is 3.08. The lowest BCUT2D eigenvalue weighted by Gasteiger charge is -2.21. The summed E-state index contributed by atoms with van der Waals surface area (Å²) in [4.78, 5) is 13.7. The standard InChI is InChI=1S/C16H25NO2/c1-5-7-17(12-16(18)19-6-2)11-15-9-13(3)8-14(4)10-15/h8-10H,5-7,11-12H2,1-4H3. The molecule has 0 aliphatic heterocycles. The Balaban J connectivity index is 2.68. The van der Waals surface area contributed by atoms with Crippen molar-refractivity contribution < 1.29 is 9.53 Å². The number of rotatable bonds is 7. The van der Waals surface area contributed by atoms with Gasteiger partial charge >= 0.3 is 5.97 Å². The molecule has 0 aromatic heterocycles. The minimum Gasteiger partial charge on any atom is -0.465 e. The lowest BCUT2D eigenvalue weighted by Crippen LogP contribution is -2.31. The van der Waals surface area contributed by atoms with Crippen molar-refractivity contribution in [3.05, 3.63) is 34.9 Å². The molecule has 3 heteroatoms. The number of carbonyl (C=O) groups excluding carboxylic acids is 1. The topological polar surface area (TPSA) is 29.5 Å². The van der Waals surface area contributed by atoms with Gasteiger partial charge in [-0.25, -0.2) is 0 Å². The highest BCUT2D eigenvalue weighted by atomic mass is 16.5. The highest BCUT2D eigenvalue weighted by molar-refractivity contribution is 5.71. The third kappa shape index (κ3) is 5.88. The zero-order chi connectivity index (χ0) is 14.3. The summed E-state index contributed by atoms with van der Waals surface area (Å²) in [5.74, 6) is -0.139. The molecule has 0 saturated carbocycles. The molecule has 1 aromatic carbocycles. The Kier molecular flexibility index (Phi) is 6.57. The van der Waals surface area contributed by atoms with E-state index in [0.29, 0.717) is 13.2 Å². The Morgan fingerprint density at radius 2 is 1.79 bits per heavy atom. The second-order valence-corrected chi connectivity index (χ2v) is 5.01. The molecule has 0 unspecified atom stereocenters. The fourth-order valence-corrected chi connectivity index (χ4v) is 2.34. The first kappa shape index (κ1) is 15.7. The molecule has 0 saturated heterocycles. The quantitative estimate of drug-likeness (QED) is 0.708. The van der Waals surface area contributed by atoms with Gasteiger partial charge in [0.25, 0.3) is 0 Å². The van der Waals surface area contributed by atoms with Crippen LogP contribution in [-0.4, -0.2) is 30.6 Å². The van der Waals surface area contributed by atoms with Gasteiger partial charge in [-0.15, -0.1) is 0 Å². The van der Waals surface area contributed by atoms with E-state index in [0.717, 1.165) is 19.5 Å². The number of hydrogen-bond donors (Lipinski definition) is 0. The van der Waals surface area contributed by atoms with Crippen LogP contribution in [-0.2, 0) is 16.1 Å². The van der Waals surface area contributed by atoms with Crippen molar-refractivity contribution in [2.24, 2.45) is 0 Å². The molecule has 0 radical (unpaired) electrons. The first-order valence-corrected chi connectivity index (χ1v) is 7.00. The molecule has 0 aliphatic rings. The lowest BCUT2D eigenvalue weighted by molar-refractivity contribution is -0.144. The van der Waals surface area contributed by atoms with E-state index >= 15 is 0 Å². The van der Waals surface area contributed by atoms with Crippen LogP contribution in [0, 0.1) is 13.8 Å². The zero-order valence-corrected chi connectivity index (χ0v) is 12.5. The Hall–Kier alpha value is -1.35. The van der Waals surface area contributed by atoms with Crippen LogP contribution in [0.5, 0.6) is 0 Å². The number of nitrogens with zero attached hydrogens (tertiary/aromatic N) is 1. The summed E-state index contributed by atoms with van der Waals surface area (Å²) >= 11 is 0. The molecule has 3 nitrogen and oxygen atoms in total. The number of ether oxygens (including phenoxy) is 1. The number of carbonyl (C=O) groups is 1. The van der Waals surface area contributed by atoms with Gasteiger partial charge in [0, 0.05) is 6.54 Å². The van der Waals surface area contributed by atoms with Gasteiger partial charge in [0.2, 0.25) is 0 Å². The average Bonchev–Trinajstić information content (AvgIpc) is 2.27. The van der Waals surface area contributed by atoms with Gasteiger partial charge in [-0.1, -0.05) is 36.2 Å². The largest absolute Gasteiger partial charge is 0.465 e. The molecule has 0 spiro atoms. The maximum Gasteiger partial charge on any atom is 0.320 e. The molecule has 0 N–H and O–H groups in total. The van der Waals surface area contributed by atoms with Gasteiger partial charge in [-0.05, 0) is 39.3 Å². The van der Waals surface area contributed by atoms with Crippen LogP contribution in [0.25, 0.3) is 0 Å². The van der Waals surface area contributed by atoms with Crippen molar-refractivity contribution in [1.29, 1.82) is 0 Å². The van der Waals surface area contributed by atoms with Crippen molar-refractivity contribution in [1.82, 2.24) is 4.90 Å². The van der Waals surface area contributed by atoms with E-state index in [2.05, 4.69) is 43.9 Å². The van der Waals surface area contributed by atoms with Crippen molar-refractivity contribution in [3.63, 3.8) is 0 Å². The van der Waals surface area contributed by atoms with Crippen molar-refractivity contribution in [2.45, 2.75) is 40.7 Å². The normalized spacial score (nSPS) is 10.8. The summed E-state index contributed by atoms with van der Waals surface area (Å²) in [5.41, 5.74) is 3.79. The molecule has 0 amide bonds. The average molecular weight is 263 g/mol. The third-order valence-corrected chi connectivity index (χ3v) is 2.89. The van der Waals surface area contributed by atoms with Gasteiger partial charge in [-0.2, -0.15) is 0 Å². The molecule has 0 atom stereocenters. The number of benzene rings is 1. The summed E-state index contributed by atoms with van der Waals surface area (Å²) < 4.78 is 5.02. The molecule has 0 heterocycles. The highest BCUT2D eigenvalue weighted by Gasteiger charge is 2.11. The van der Waals surface area contributed by atoms with Crippen LogP contribution in [0.3, 0.4) is 0 Å². The number of aryl methyl sites for hydroxylation is 2. The maximum absolute atomic E-state index is 11.6. The predicted molar refractivity (Wildman–Crippen MR) is 78.1 cm³/mol. The van der Waals surface area contributed by atoms with E-state index in [4.69, 9.17) is 4.74 Å². The summed E-state index contributed by atoms with van der Waals surface area (Å²) in [7, 11) is 0. The lowest BCUT2D eigenvalue weighted by atomic mass is 10.1. The van der Waals surface area contributed by atoms with Gasteiger partial charge < -0.3 is 4.74 Å². The molecule has 0 aliphatic carbocycles. The molecule has 1 rings (SSSR count). The molecule has 0 fully saturated rings. The monoisotopic (exact) mass is 263 g/mol. The van der Waals surface area contributed by atoms with Crippen LogP contribution in [0.15, 0.2) is 18.2 Å². The van der Waals surface area contributed by atoms with E-state index in [1.54, 1.807) is 0 Å². The molecule has 19 heavy (non-hydrogen) atoms. The Morgan fingerprint density at radius 1 is 1.16 bits per heavy atom. The second-order valence-electron chi connectivity index (χ2n) is 5.01. The maximum atomic E-state index is 11.6. The Morgan fingerprint density at radius 3 is 2.32 bits per heavy atom. The smallest absolute Gasteiger partial charge is 0.320 e. The van der Waals surface area contributed by atoms with Crippen LogP contribution < -0.4 is 0 Å². The Bertz CT molecular complexity index is 395. The first-order valence-electron chi connectivity index (χ1n) is 7.00. The highest BCUT2D eigenvalue weighted by Crippen LogP contribution is 2.11. The first-order chi connectivity index (χ1) is 9.05. The van der Waals surface area contributed by atoms with E-state index in [-0.39, 0.29) is 5.97 Å². The van der Waals surface area contributed by atoms with Gasteiger partial charge in [0.15, 0.2) is 0 Å². The van der Waals surface area contributed by atoms with Crippen LogP contribution in [0.4, 0.5) is 0 Å². The van der Waals surface area contributed by atoms with Gasteiger partial charge in [-0.3, -0.25) is 9.69 Å². The summed E-state index contributed by atoms with van der Waals surface area (Å²) in [6.45, 7) is 10.7. The van der Waals surface area contributed by atoms with Crippen LogP contribution in [0.1, 0.15) is 37.0 Å². The molecule has 0 bridgehead atoms. The Labute approximate surface area is 116 Å². The number of esters is 1. The van der Waals surface area contributed by atoms with Crippen LogP contribution >= 0.6 is 0 Å². The molecule has 1 aromatic rings. The fourth-order valence-electron chi connectivity index (χ4n) is 2.34. The van der Waals surface area contributed by atoms with Crippen LogP contribution in [0.2, 0.25) is 0 Å². The van der Waals surface area contributed by atoms with E-state index in [1.165, 1.54) is 16.7 Å². The fraction of sp³-hybridized carbons (Fsp3) is 0.562. The van der Waals surface area contributed by atoms with Gasteiger partial charge in [0.1, 0.15) is 0 Å². The van der Waals surface area contributed by atoms with E-state index in [1.807, 2.05) is 6.92 Å². The molecular formula is C16H25NO2. The minimum atomic E-state index is -0.139. The van der Waals surface area contributed by atoms with Crippen molar-refractivity contribution in [3.8, 4) is 0 Å². The molecule has 106 valence electrons.